The van der Waals surface area contributed by atoms with E-state index in [-0.39, 0.29) is 11.3 Å². The van der Waals surface area contributed by atoms with E-state index in [4.69, 9.17) is 5.73 Å². The van der Waals surface area contributed by atoms with Crippen molar-refractivity contribution in [2.24, 2.45) is 0 Å². The number of rotatable bonds is 3. The Morgan fingerprint density at radius 1 is 1.53 bits per heavy atom. The highest BCUT2D eigenvalue weighted by molar-refractivity contribution is 5.92. The Morgan fingerprint density at radius 3 is 2.71 bits per heavy atom. The molecule has 17 heavy (non-hydrogen) atoms. The van der Waals surface area contributed by atoms with Gasteiger partial charge in [0.05, 0.1) is 19.0 Å². The Labute approximate surface area is 94.3 Å². The maximum absolute atomic E-state index is 11.9. The van der Waals surface area contributed by atoms with Crippen LogP contribution in [0.5, 0.6) is 5.88 Å². The average Bonchev–Trinajstić information content (AvgIpc) is 2.25. The lowest BCUT2D eigenvalue weighted by atomic mass is 10.2. The molecule has 94 valence electrons. The third-order valence-electron chi connectivity index (χ3n) is 1.65. The van der Waals surface area contributed by atoms with Crippen LogP contribution in [0.3, 0.4) is 0 Å². The highest BCUT2D eigenvalue weighted by Gasteiger charge is 2.29. The fraction of sp³-hybridized carbons (Fsp3) is 0.333. The lowest BCUT2D eigenvalue weighted by Crippen LogP contribution is -2.21. The zero-order valence-corrected chi connectivity index (χ0v) is 8.75. The molecule has 0 saturated heterocycles. The number of esters is 1. The molecule has 0 aliphatic carbocycles. The monoisotopic (exact) mass is 250 g/mol. The third-order valence-corrected chi connectivity index (χ3v) is 1.65. The fourth-order valence-corrected chi connectivity index (χ4v) is 0.990. The molecule has 0 saturated carbocycles. The van der Waals surface area contributed by atoms with Crippen molar-refractivity contribution < 1.29 is 27.4 Å². The van der Waals surface area contributed by atoms with Crippen molar-refractivity contribution in [2.45, 2.75) is 6.18 Å². The van der Waals surface area contributed by atoms with E-state index in [0.29, 0.717) is 0 Å². The van der Waals surface area contributed by atoms with Gasteiger partial charge in [-0.1, -0.05) is 0 Å². The number of nitrogens with two attached hydrogens (primary N) is 1. The fourth-order valence-electron chi connectivity index (χ4n) is 0.990. The van der Waals surface area contributed by atoms with E-state index in [1.807, 2.05) is 0 Å². The number of nitrogens with zero attached hydrogens (tertiary/aromatic N) is 1. The molecule has 2 N–H and O–H groups in total. The van der Waals surface area contributed by atoms with Crippen molar-refractivity contribution in [3.63, 3.8) is 0 Å². The number of methoxy groups -OCH3 is 1. The summed E-state index contributed by atoms with van der Waals surface area (Å²) in [5.41, 5.74) is 5.22. The van der Waals surface area contributed by atoms with Crippen LogP contribution in [0.1, 0.15) is 10.4 Å². The van der Waals surface area contributed by atoms with E-state index < -0.39 is 24.6 Å². The van der Waals surface area contributed by atoms with Gasteiger partial charge in [-0.2, -0.15) is 13.2 Å². The van der Waals surface area contributed by atoms with E-state index in [9.17, 15) is 18.0 Å². The van der Waals surface area contributed by atoms with E-state index in [2.05, 4.69) is 14.5 Å². The molecule has 0 fully saturated rings. The second-order valence-corrected chi connectivity index (χ2v) is 3.02. The molecular formula is C9H9F3N2O3. The molecule has 1 heterocycles. The Balaban J connectivity index is 2.94. The smallest absolute Gasteiger partial charge is 0.422 e. The van der Waals surface area contributed by atoms with Gasteiger partial charge in [-0.15, -0.1) is 0 Å². The SMILES string of the molecule is COC(=O)c1cc(N)cnc1OCC(F)(F)F. The van der Waals surface area contributed by atoms with Crippen LogP contribution >= 0.6 is 0 Å². The number of halogens is 3. The number of pyridine rings is 1. The largest absolute Gasteiger partial charge is 0.467 e. The van der Waals surface area contributed by atoms with E-state index in [1.54, 1.807) is 0 Å². The van der Waals surface area contributed by atoms with Crippen LogP contribution in [-0.4, -0.2) is 30.8 Å². The lowest BCUT2D eigenvalue weighted by molar-refractivity contribution is -0.154. The summed E-state index contributed by atoms with van der Waals surface area (Å²) in [6.45, 7) is -1.55. The molecule has 0 aliphatic heterocycles. The van der Waals surface area contributed by atoms with E-state index in [1.165, 1.54) is 0 Å². The number of hydrogen-bond donors (Lipinski definition) is 1. The Hall–Kier alpha value is -1.99. The van der Waals surface area contributed by atoms with Gasteiger partial charge in [0, 0.05) is 0 Å². The van der Waals surface area contributed by atoms with Gasteiger partial charge in [0.1, 0.15) is 5.56 Å². The van der Waals surface area contributed by atoms with Crippen molar-refractivity contribution >= 4 is 11.7 Å². The second kappa shape index (κ2) is 4.89. The number of carbonyl (C=O) groups excluding carboxylic acids is 1. The van der Waals surface area contributed by atoms with Crippen LogP contribution < -0.4 is 10.5 Å². The van der Waals surface area contributed by atoms with Crippen molar-refractivity contribution in [1.82, 2.24) is 4.98 Å². The zero-order chi connectivity index (χ0) is 13.1. The van der Waals surface area contributed by atoms with Crippen molar-refractivity contribution in [3.05, 3.63) is 17.8 Å². The summed E-state index contributed by atoms with van der Waals surface area (Å²) >= 11 is 0. The molecular weight excluding hydrogens is 241 g/mol. The highest BCUT2D eigenvalue weighted by Crippen LogP contribution is 2.22. The van der Waals surface area contributed by atoms with Crippen molar-refractivity contribution in [1.29, 1.82) is 0 Å². The Kier molecular flexibility index (Phi) is 3.77. The first kappa shape index (κ1) is 13.1. The topological polar surface area (TPSA) is 74.4 Å². The van der Waals surface area contributed by atoms with Gasteiger partial charge in [0.25, 0.3) is 0 Å². The molecule has 0 unspecified atom stereocenters. The summed E-state index contributed by atoms with van der Waals surface area (Å²) in [4.78, 5) is 14.7. The Bertz CT molecular complexity index is 420. The van der Waals surface area contributed by atoms with Gasteiger partial charge in [-0.05, 0) is 6.07 Å². The number of aromatic nitrogens is 1. The van der Waals surface area contributed by atoms with Crippen LogP contribution in [0.15, 0.2) is 12.3 Å². The lowest BCUT2D eigenvalue weighted by Gasteiger charge is -2.11. The highest BCUT2D eigenvalue weighted by atomic mass is 19.4. The molecule has 1 aromatic heterocycles. The summed E-state index contributed by atoms with van der Waals surface area (Å²) in [6, 6.07) is 1.13. The second-order valence-electron chi connectivity index (χ2n) is 3.02. The predicted molar refractivity (Wildman–Crippen MR) is 51.5 cm³/mol. The molecule has 0 aromatic carbocycles. The molecule has 8 heteroatoms. The van der Waals surface area contributed by atoms with Crippen molar-refractivity contribution in [3.8, 4) is 5.88 Å². The molecule has 0 spiro atoms. The summed E-state index contributed by atoms with van der Waals surface area (Å²) in [5, 5.41) is 0. The molecule has 0 atom stereocenters. The number of alkyl halides is 3. The van der Waals surface area contributed by atoms with Crippen LogP contribution in [0, 0.1) is 0 Å². The number of anilines is 1. The molecule has 1 rings (SSSR count). The Morgan fingerprint density at radius 2 is 2.18 bits per heavy atom. The number of hydrogen-bond acceptors (Lipinski definition) is 5. The van der Waals surface area contributed by atoms with Gasteiger partial charge in [-0.25, -0.2) is 9.78 Å². The number of nitrogen functional groups attached to an aromatic ring is 1. The van der Waals surface area contributed by atoms with E-state index >= 15 is 0 Å². The number of carbonyl (C=O) groups is 1. The van der Waals surface area contributed by atoms with Gasteiger partial charge < -0.3 is 15.2 Å². The minimum absolute atomic E-state index is 0.116. The third kappa shape index (κ3) is 3.82. The van der Waals surface area contributed by atoms with E-state index in [0.717, 1.165) is 19.4 Å². The summed E-state index contributed by atoms with van der Waals surface area (Å²) in [7, 11) is 1.08. The quantitative estimate of drug-likeness (QED) is 0.820. The molecule has 0 radical (unpaired) electrons. The maximum Gasteiger partial charge on any atom is 0.422 e. The molecule has 1 aromatic rings. The van der Waals surface area contributed by atoms with Crippen molar-refractivity contribution in [2.75, 3.05) is 19.5 Å². The zero-order valence-electron chi connectivity index (χ0n) is 8.75. The predicted octanol–water partition coefficient (Wildman–Crippen LogP) is 1.39. The summed E-state index contributed by atoms with van der Waals surface area (Å²) in [6.07, 6.45) is -3.44. The van der Waals surface area contributed by atoms with Crippen LogP contribution in [0.25, 0.3) is 0 Å². The van der Waals surface area contributed by atoms with Gasteiger partial charge in [0.15, 0.2) is 6.61 Å². The molecule has 5 nitrogen and oxygen atoms in total. The molecule has 0 aliphatic rings. The molecule has 0 bridgehead atoms. The number of ether oxygens (including phenoxy) is 2. The van der Waals surface area contributed by atoms with Crippen LogP contribution in [0.4, 0.5) is 18.9 Å². The summed E-state index contributed by atoms with van der Waals surface area (Å²) < 4.78 is 44.6. The maximum atomic E-state index is 11.9. The van der Waals surface area contributed by atoms with Crippen LogP contribution in [-0.2, 0) is 4.74 Å². The van der Waals surface area contributed by atoms with Gasteiger partial charge >= 0.3 is 12.1 Å². The first-order valence-corrected chi connectivity index (χ1v) is 4.37. The first-order valence-electron chi connectivity index (χ1n) is 4.37. The minimum atomic E-state index is -4.52. The normalized spacial score (nSPS) is 11.1. The first-order chi connectivity index (χ1) is 7.83. The standard InChI is InChI=1S/C9H9F3N2O3/c1-16-8(15)6-2-5(13)3-14-7(6)17-4-9(10,11)12/h2-3H,4,13H2,1H3. The average molecular weight is 250 g/mol. The summed E-state index contributed by atoms with van der Waals surface area (Å²) in [5.74, 6) is -1.34. The van der Waals surface area contributed by atoms with Gasteiger partial charge in [-0.3, -0.25) is 0 Å². The minimum Gasteiger partial charge on any atom is -0.467 e. The molecule has 0 amide bonds. The van der Waals surface area contributed by atoms with Gasteiger partial charge in [0.2, 0.25) is 5.88 Å². The van der Waals surface area contributed by atoms with Crippen LogP contribution in [0.2, 0.25) is 0 Å².